The van der Waals surface area contributed by atoms with Crippen LogP contribution >= 0.6 is 0 Å². The predicted molar refractivity (Wildman–Crippen MR) is 103 cm³/mol. The van der Waals surface area contributed by atoms with Crippen molar-refractivity contribution >= 4 is 15.8 Å². The Kier molecular flexibility index (Phi) is 4.81. The lowest BCUT2D eigenvalue weighted by molar-refractivity contribution is 0.383. The molecule has 0 unspecified atom stereocenters. The second-order valence-electron chi connectivity index (χ2n) is 6.37. The van der Waals surface area contributed by atoms with Crippen molar-refractivity contribution in [3.8, 4) is 11.9 Å². The molecule has 9 heteroatoms. The Balaban J connectivity index is 1.43. The molecule has 3 aromatic rings. The van der Waals surface area contributed by atoms with Crippen LogP contribution in [-0.2, 0) is 10.0 Å². The molecule has 1 saturated heterocycles. The molecule has 0 spiro atoms. The standard InChI is InChI=1S/C19H18N6O2S/c20-15-16-3-5-17(6-4-16)28(26,27)25-13-11-24(12-14-25)19-8-7-18(21-22-19)23-9-1-2-10-23/h1-10H,11-14H2. The molecule has 3 heterocycles. The smallest absolute Gasteiger partial charge is 0.243 e. The van der Waals surface area contributed by atoms with E-state index < -0.39 is 10.0 Å². The molecule has 142 valence electrons. The van der Waals surface area contributed by atoms with Crippen molar-refractivity contribution in [1.82, 2.24) is 19.1 Å². The maximum absolute atomic E-state index is 12.8. The van der Waals surface area contributed by atoms with Crippen molar-refractivity contribution in [2.75, 3.05) is 31.1 Å². The molecular formula is C19H18N6O2S. The second kappa shape index (κ2) is 7.42. The highest BCUT2D eigenvalue weighted by Crippen LogP contribution is 2.20. The highest BCUT2D eigenvalue weighted by atomic mass is 32.2. The number of sulfonamides is 1. The first-order valence-corrected chi connectivity index (χ1v) is 10.2. The van der Waals surface area contributed by atoms with Crippen molar-refractivity contribution in [2.24, 2.45) is 0 Å². The molecule has 8 nitrogen and oxygen atoms in total. The molecule has 0 bridgehead atoms. The number of hydrogen-bond acceptors (Lipinski definition) is 6. The van der Waals surface area contributed by atoms with Crippen LogP contribution in [0, 0.1) is 11.3 Å². The van der Waals surface area contributed by atoms with Gasteiger partial charge in [0.1, 0.15) is 0 Å². The number of hydrogen-bond donors (Lipinski definition) is 0. The molecule has 1 fully saturated rings. The summed E-state index contributed by atoms with van der Waals surface area (Å²) in [5, 5.41) is 17.4. The number of benzene rings is 1. The normalized spacial score (nSPS) is 15.3. The van der Waals surface area contributed by atoms with Crippen LogP contribution in [0.4, 0.5) is 5.82 Å². The maximum atomic E-state index is 12.8. The second-order valence-corrected chi connectivity index (χ2v) is 8.31. The molecule has 0 radical (unpaired) electrons. The lowest BCUT2D eigenvalue weighted by atomic mass is 10.2. The van der Waals surface area contributed by atoms with Crippen molar-refractivity contribution in [3.63, 3.8) is 0 Å². The van der Waals surface area contributed by atoms with Gasteiger partial charge in [0.15, 0.2) is 11.6 Å². The summed E-state index contributed by atoms with van der Waals surface area (Å²) in [6.45, 7) is 1.80. The predicted octanol–water partition coefficient (Wildman–Crippen LogP) is 1.65. The molecular weight excluding hydrogens is 376 g/mol. The van der Waals surface area contributed by atoms with Gasteiger partial charge < -0.3 is 9.47 Å². The molecule has 0 amide bonds. The third kappa shape index (κ3) is 3.47. The average Bonchev–Trinajstić information content (AvgIpc) is 3.29. The van der Waals surface area contributed by atoms with Crippen LogP contribution in [0.15, 0.2) is 65.8 Å². The number of nitriles is 1. The minimum Gasteiger partial charge on any atom is -0.352 e. The highest BCUT2D eigenvalue weighted by molar-refractivity contribution is 7.89. The fourth-order valence-electron chi connectivity index (χ4n) is 3.12. The molecule has 1 aliphatic heterocycles. The molecule has 28 heavy (non-hydrogen) atoms. The lowest BCUT2D eigenvalue weighted by Gasteiger charge is -2.34. The quantitative estimate of drug-likeness (QED) is 0.668. The van der Waals surface area contributed by atoms with E-state index in [1.165, 1.54) is 28.6 Å². The van der Waals surface area contributed by atoms with Gasteiger partial charge in [0.25, 0.3) is 0 Å². The number of piperazine rings is 1. The summed E-state index contributed by atoms with van der Waals surface area (Å²) in [4.78, 5) is 2.23. The topological polar surface area (TPSA) is 95.1 Å². The van der Waals surface area contributed by atoms with Gasteiger partial charge in [-0.05, 0) is 48.5 Å². The Morgan fingerprint density at radius 2 is 1.46 bits per heavy atom. The summed E-state index contributed by atoms with van der Waals surface area (Å²) in [6, 6.07) is 15.6. The number of rotatable bonds is 4. The first-order chi connectivity index (χ1) is 13.6. The van der Waals surface area contributed by atoms with Crippen LogP contribution in [0.2, 0.25) is 0 Å². The van der Waals surface area contributed by atoms with Gasteiger partial charge in [-0.25, -0.2) is 8.42 Å². The Labute approximate surface area is 163 Å². The van der Waals surface area contributed by atoms with E-state index in [0.717, 1.165) is 11.6 Å². The van der Waals surface area contributed by atoms with Gasteiger partial charge >= 0.3 is 0 Å². The fourth-order valence-corrected chi connectivity index (χ4v) is 4.54. The molecule has 4 rings (SSSR count). The molecule has 1 aromatic carbocycles. The molecule has 0 saturated carbocycles. The third-order valence-corrected chi connectivity index (χ3v) is 6.60. The minimum atomic E-state index is -3.57. The average molecular weight is 394 g/mol. The Morgan fingerprint density at radius 3 is 2.04 bits per heavy atom. The maximum Gasteiger partial charge on any atom is 0.243 e. The summed E-state index contributed by atoms with van der Waals surface area (Å²) in [5.74, 6) is 1.46. The van der Waals surface area contributed by atoms with E-state index in [9.17, 15) is 8.42 Å². The zero-order chi connectivity index (χ0) is 19.6. The Hall–Kier alpha value is -3.22. The van der Waals surface area contributed by atoms with Crippen molar-refractivity contribution < 1.29 is 8.42 Å². The highest BCUT2D eigenvalue weighted by Gasteiger charge is 2.29. The number of nitrogens with zero attached hydrogens (tertiary/aromatic N) is 6. The summed E-state index contributed by atoms with van der Waals surface area (Å²) >= 11 is 0. The number of aromatic nitrogens is 3. The van der Waals surface area contributed by atoms with Gasteiger partial charge in [-0.2, -0.15) is 9.57 Å². The van der Waals surface area contributed by atoms with Crippen molar-refractivity contribution in [3.05, 3.63) is 66.5 Å². The first kappa shape index (κ1) is 18.2. The van der Waals surface area contributed by atoms with Crippen molar-refractivity contribution in [2.45, 2.75) is 4.90 Å². The largest absolute Gasteiger partial charge is 0.352 e. The van der Waals surface area contributed by atoms with E-state index in [-0.39, 0.29) is 4.90 Å². The Bertz CT molecular complexity index is 1080. The SMILES string of the molecule is N#Cc1ccc(S(=O)(=O)N2CCN(c3ccc(-n4cccc4)nn3)CC2)cc1. The molecule has 0 aliphatic carbocycles. The van der Waals surface area contributed by atoms with Gasteiger partial charge in [-0.1, -0.05) is 0 Å². The monoisotopic (exact) mass is 394 g/mol. The van der Waals surface area contributed by atoms with E-state index in [4.69, 9.17) is 5.26 Å². The van der Waals surface area contributed by atoms with Crippen LogP contribution in [0.5, 0.6) is 0 Å². The van der Waals surface area contributed by atoms with Crippen LogP contribution in [0.1, 0.15) is 5.56 Å². The molecule has 2 aromatic heterocycles. The van der Waals surface area contributed by atoms with E-state index in [0.29, 0.717) is 31.7 Å². The molecule has 0 N–H and O–H groups in total. The van der Waals surface area contributed by atoms with E-state index in [1.54, 1.807) is 0 Å². The summed E-state index contributed by atoms with van der Waals surface area (Å²) < 4.78 is 28.9. The fraction of sp³-hybridized carbons (Fsp3) is 0.211. The van der Waals surface area contributed by atoms with Gasteiger partial charge in [0, 0.05) is 38.6 Å². The summed E-state index contributed by atoms with van der Waals surface area (Å²) in [6.07, 6.45) is 3.80. The van der Waals surface area contributed by atoms with E-state index in [2.05, 4.69) is 10.2 Å². The van der Waals surface area contributed by atoms with Crippen LogP contribution < -0.4 is 4.90 Å². The van der Waals surface area contributed by atoms with Gasteiger partial charge in [-0.3, -0.25) is 0 Å². The van der Waals surface area contributed by atoms with Crippen LogP contribution in [0.25, 0.3) is 5.82 Å². The van der Waals surface area contributed by atoms with E-state index >= 15 is 0 Å². The summed E-state index contributed by atoms with van der Waals surface area (Å²) in [5.41, 5.74) is 0.436. The molecule has 0 atom stereocenters. The third-order valence-electron chi connectivity index (χ3n) is 4.69. The van der Waals surface area contributed by atoms with E-state index in [1.807, 2.05) is 52.2 Å². The first-order valence-electron chi connectivity index (χ1n) is 8.80. The minimum absolute atomic E-state index is 0.204. The van der Waals surface area contributed by atoms with Gasteiger partial charge in [0.05, 0.1) is 16.5 Å². The van der Waals surface area contributed by atoms with Crippen LogP contribution in [-0.4, -0.2) is 53.7 Å². The lowest BCUT2D eigenvalue weighted by Crippen LogP contribution is -2.49. The van der Waals surface area contributed by atoms with Gasteiger partial charge in [0.2, 0.25) is 10.0 Å². The Morgan fingerprint density at radius 1 is 0.857 bits per heavy atom. The zero-order valence-corrected chi connectivity index (χ0v) is 15.8. The molecule has 1 aliphatic rings. The number of anilines is 1. The zero-order valence-electron chi connectivity index (χ0n) is 15.0. The van der Waals surface area contributed by atoms with Gasteiger partial charge in [-0.15, -0.1) is 10.2 Å². The van der Waals surface area contributed by atoms with Crippen molar-refractivity contribution in [1.29, 1.82) is 5.26 Å². The summed E-state index contributed by atoms with van der Waals surface area (Å²) in [7, 11) is -3.57. The van der Waals surface area contributed by atoms with Crippen LogP contribution in [0.3, 0.4) is 0 Å².